The van der Waals surface area contributed by atoms with E-state index in [4.69, 9.17) is 0 Å². The van der Waals surface area contributed by atoms with Gasteiger partial charge in [0.2, 0.25) is 0 Å². The molecular formula is C14H18BrNO3S2. The number of carbonyl (C=O) groups excluding carboxylic acids is 1. The third kappa shape index (κ3) is 3.81. The van der Waals surface area contributed by atoms with E-state index in [-0.39, 0.29) is 11.7 Å². The maximum atomic E-state index is 12.7. The first-order valence-electron chi connectivity index (χ1n) is 6.72. The highest BCUT2D eigenvalue weighted by Crippen LogP contribution is 2.25. The van der Waals surface area contributed by atoms with Gasteiger partial charge >= 0.3 is 0 Å². The van der Waals surface area contributed by atoms with Crippen molar-refractivity contribution in [2.24, 2.45) is 0 Å². The first-order chi connectivity index (χ1) is 9.85. The van der Waals surface area contributed by atoms with E-state index in [0.29, 0.717) is 17.9 Å². The quantitative estimate of drug-likeness (QED) is 0.794. The van der Waals surface area contributed by atoms with Gasteiger partial charge in [-0.25, -0.2) is 8.42 Å². The number of amides is 1. The molecule has 0 spiro atoms. The number of benzene rings is 1. The van der Waals surface area contributed by atoms with Crippen LogP contribution in [0.5, 0.6) is 0 Å². The normalized spacial score (nSPS) is 19.6. The highest BCUT2D eigenvalue weighted by atomic mass is 79.9. The highest BCUT2D eigenvalue weighted by molar-refractivity contribution is 9.10. The molecule has 1 amide bonds. The zero-order valence-electron chi connectivity index (χ0n) is 12.0. The molecule has 1 unspecified atom stereocenters. The molecular weight excluding hydrogens is 374 g/mol. The SMILES string of the molecule is CCS(=O)(=O)C1CSCCN1C(=O)c1cc(C)cc(Br)c1. The van der Waals surface area contributed by atoms with Crippen molar-refractivity contribution in [2.75, 3.05) is 23.8 Å². The number of halogens is 1. The summed E-state index contributed by atoms with van der Waals surface area (Å²) in [5.41, 5.74) is 1.50. The summed E-state index contributed by atoms with van der Waals surface area (Å²) in [5, 5.41) is -0.715. The van der Waals surface area contributed by atoms with E-state index in [1.807, 2.05) is 13.0 Å². The van der Waals surface area contributed by atoms with Crippen molar-refractivity contribution in [1.29, 1.82) is 0 Å². The number of hydrogen-bond acceptors (Lipinski definition) is 4. The van der Waals surface area contributed by atoms with Gasteiger partial charge < -0.3 is 4.90 Å². The highest BCUT2D eigenvalue weighted by Gasteiger charge is 2.36. The van der Waals surface area contributed by atoms with Crippen molar-refractivity contribution >= 4 is 43.4 Å². The van der Waals surface area contributed by atoms with Gasteiger partial charge in [-0.15, -0.1) is 0 Å². The predicted octanol–water partition coefficient (Wildman–Crippen LogP) is 2.71. The molecule has 0 N–H and O–H groups in total. The summed E-state index contributed by atoms with van der Waals surface area (Å²) in [6.07, 6.45) is 0. The van der Waals surface area contributed by atoms with E-state index in [0.717, 1.165) is 15.8 Å². The Morgan fingerprint density at radius 2 is 2.14 bits per heavy atom. The largest absolute Gasteiger partial charge is 0.320 e. The van der Waals surface area contributed by atoms with Crippen molar-refractivity contribution < 1.29 is 13.2 Å². The molecule has 1 aliphatic heterocycles. The Morgan fingerprint density at radius 3 is 2.76 bits per heavy atom. The van der Waals surface area contributed by atoms with Crippen LogP contribution in [-0.4, -0.2) is 48.4 Å². The second kappa shape index (κ2) is 6.71. The summed E-state index contributed by atoms with van der Waals surface area (Å²) in [4.78, 5) is 14.2. The monoisotopic (exact) mass is 391 g/mol. The lowest BCUT2D eigenvalue weighted by Gasteiger charge is -2.34. The molecule has 7 heteroatoms. The Balaban J connectivity index is 2.35. The van der Waals surface area contributed by atoms with Crippen LogP contribution in [0.1, 0.15) is 22.8 Å². The molecule has 0 bridgehead atoms. The molecule has 0 aliphatic carbocycles. The van der Waals surface area contributed by atoms with Crippen LogP contribution in [0.25, 0.3) is 0 Å². The van der Waals surface area contributed by atoms with Gasteiger partial charge in [-0.3, -0.25) is 4.79 Å². The van der Waals surface area contributed by atoms with E-state index in [9.17, 15) is 13.2 Å². The zero-order valence-corrected chi connectivity index (χ0v) is 15.2. The van der Waals surface area contributed by atoms with E-state index >= 15 is 0 Å². The van der Waals surface area contributed by atoms with Crippen LogP contribution < -0.4 is 0 Å². The number of hydrogen-bond donors (Lipinski definition) is 0. The number of carbonyl (C=O) groups is 1. The molecule has 0 saturated carbocycles. The molecule has 1 fully saturated rings. The van der Waals surface area contributed by atoms with Crippen LogP contribution in [-0.2, 0) is 9.84 Å². The lowest BCUT2D eigenvalue weighted by atomic mass is 10.1. The summed E-state index contributed by atoms with van der Waals surface area (Å²) < 4.78 is 25.3. The van der Waals surface area contributed by atoms with Gasteiger partial charge in [-0.2, -0.15) is 11.8 Å². The predicted molar refractivity (Wildman–Crippen MR) is 90.5 cm³/mol. The maximum Gasteiger partial charge on any atom is 0.255 e. The van der Waals surface area contributed by atoms with E-state index in [1.165, 1.54) is 4.90 Å². The molecule has 1 atom stereocenters. The third-order valence-corrected chi connectivity index (χ3v) is 7.20. The van der Waals surface area contributed by atoms with Crippen molar-refractivity contribution in [3.63, 3.8) is 0 Å². The van der Waals surface area contributed by atoms with Crippen LogP contribution in [0, 0.1) is 6.92 Å². The van der Waals surface area contributed by atoms with Gasteiger partial charge in [-0.1, -0.05) is 22.9 Å². The van der Waals surface area contributed by atoms with Gasteiger partial charge in [0.1, 0.15) is 5.37 Å². The number of nitrogens with zero attached hydrogens (tertiary/aromatic N) is 1. The molecule has 1 heterocycles. The van der Waals surface area contributed by atoms with Crippen molar-refractivity contribution in [3.8, 4) is 0 Å². The summed E-state index contributed by atoms with van der Waals surface area (Å²) >= 11 is 4.97. The average Bonchev–Trinajstić information content (AvgIpc) is 2.45. The topological polar surface area (TPSA) is 54.5 Å². The first-order valence-corrected chi connectivity index (χ1v) is 10.4. The molecule has 0 aromatic heterocycles. The van der Waals surface area contributed by atoms with Gasteiger partial charge in [-0.05, 0) is 30.7 Å². The average molecular weight is 392 g/mol. The Kier molecular flexibility index (Phi) is 5.38. The number of aryl methyl sites for hydroxylation is 1. The van der Waals surface area contributed by atoms with Gasteiger partial charge in [0.05, 0.1) is 0 Å². The van der Waals surface area contributed by atoms with E-state index < -0.39 is 15.2 Å². The number of thioether (sulfide) groups is 1. The smallest absolute Gasteiger partial charge is 0.255 e. The van der Waals surface area contributed by atoms with Gasteiger partial charge in [0.15, 0.2) is 9.84 Å². The summed E-state index contributed by atoms with van der Waals surface area (Å²) in [5.74, 6) is 1.07. The molecule has 2 rings (SSSR count). The maximum absolute atomic E-state index is 12.7. The minimum atomic E-state index is -3.27. The van der Waals surface area contributed by atoms with Crippen LogP contribution in [0.15, 0.2) is 22.7 Å². The van der Waals surface area contributed by atoms with Crippen molar-refractivity contribution in [1.82, 2.24) is 4.90 Å². The van der Waals surface area contributed by atoms with Crippen molar-refractivity contribution in [3.05, 3.63) is 33.8 Å². The minimum absolute atomic E-state index is 0.0551. The Bertz CT molecular complexity index is 625. The molecule has 21 heavy (non-hydrogen) atoms. The lowest BCUT2D eigenvalue weighted by Crippen LogP contribution is -2.50. The minimum Gasteiger partial charge on any atom is -0.320 e. The van der Waals surface area contributed by atoms with Gasteiger partial charge in [0.25, 0.3) is 5.91 Å². The fourth-order valence-corrected chi connectivity index (χ4v) is 5.90. The number of sulfone groups is 1. The van der Waals surface area contributed by atoms with Crippen LogP contribution in [0.3, 0.4) is 0 Å². The summed E-state index contributed by atoms with van der Waals surface area (Å²) in [6.45, 7) is 4.01. The van der Waals surface area contributed by atoms with Gasteiger partial charge in [0, 0.05) is 33.8 Å². The molecule has 1 saturated heterocycles. The molecule has 4 nitrogen and oxygen atoms in total. The van der Waals surface area contributed by atoms with Crippen LogP contribution in [0.4, 0.5) is 0 Å². The molecule has 0 radical (unpaired) electrons. The lowest BCUT2D eigenvalue weighted by molar-refractivity contribution is 0.0749. The zero-order chi connectivity index (χ0) is 15.6. The molecule has 1 aliphatic rings. The molecule has 1 aromatic carbocycles. The summed E-state index contributed by atoms with van der Waals surface area (Å²) in [7, 11) is -3.27. The number of rotatable bonds is 3. The van der Waals surface area contributed by atoms with E-state index in [1.54, 1.807) is 30.8 Å². The Hall–Kier alpha value is -0.530. The third-order valence-electron chi connectivity index (χ3n) is 3.45. The Morgan fingerprint density at radius 1 is 1.43 bits per heavy atom. The summed E-state index contributed by atoms with van der Waals surface area (Å²) in [6, 6.07) is 5.46. The molecule has 1 aromatic rings. The second-order valence-electron chi connectivity index (χ2n) is 5.00. The first kappa shape index (κ1) is 16.8. The van der Waals surface area contributed by atoms with Crippen LogP contribution >= 0.6 is 27.7 Å². The second-order valence-corrected chi connectivity index (χ2v) is 9.51. The van der Waals surface area contributed by atoms with Crippen molar-refractivity contribution in [2.45, 2.75) is 19.2 Å². The van der Waals surface area contributed by atoms with E-state index in [2.05, 4.69) is 15.9 Å². The Labute approximate surface area is 138 Å². The fraction of sp³-hybridized carbons (Fsp3) is 0.500. The van der Waals surface area contributed by atoms with Crippen LogP contribution in [0.2, 0.25) is 0 Å². The standard InChI is InChI=1S/C14H18BrNO3S2/c1-3-21(18,19)13-9-20-5-4-16(13)14(17)11-6-10(2)7-12(15)8-11/h6-8,13H,3-5,9H2,1-2H3. The fourth-order valence-electron chi connectivity index (χ4n) is 2.33. The molecule has 116 valence electrons.